The zero-order valence-electron chi connectivity index (χ0n) is 19.0. The molecule has 2 atom stereocenters. The Bertz CT molecular complexity index is 1220. The Kier molecular flexibility index (Phi) is 7.93. The molecule has 1 aromatic heterocycles. The predicted octanol–water partition coefficient (Wildman–Crippen LogP) is 4.54. The van der Waals surface area contributed by atoms with Gasteiger partial charge in [0, 0.05) is 58.3 Å². The maximum Gasteiger partial charge on any atom is 0.338 e. The Morgan fingerprint density at radius 2 is 2.14 bits per heavy atom. The van der Waals surface area contributed by atoms with Crippen LogP contribution >= 0.6 is 34.5 Å². The molecule has 13 heteroatoms. The summed E-state index contributed by atoms with van der Waals surface area (Å²) in [6.45, 7) is -0.663. The molecule has 0 aliphatic carbocycles. The van der Waals surface area contributed by atoms with Crippen molar-refractivity contribution in [3.63, 3.8) is 0 Å². The second kappa shape index (κ2) is 10.8. The molecule has 2 aliphatic heterocycles. The molecular formula is C23H22Cl2F2N4O4S. The minimum atomic E-state index is -2.99. The number of aliphatic carboxylic acids is 1. The fraction of sp³-hybridized carbons (Fsp3) is 0.391. The van der Waals surface area contributed by atoms with E-state index in [0.29, 0.717) is 27.1 Å². The van der Waals surface area contributed by atoms with Crippen LogP contribution in [0.25, 0.3) is 0 Å². The minimum Gasteiger partial charge on any atom is -0.481 e. The molecule has 192 valence electrons. The molecule has 36 heavy (non-hydrogen) atoms. The zero-order valence-corrected chi connectivity index (χ0v) is 21.3. The van der Waals surface area contributed by atoms with E-state index in [1.165, 1.54) is 29.4 Å². The summed E-state index contributed by atoms with van der Waals surface area (Å²) >= 11 is 13.8. The summed E-state index contributed by atoms with van der Waals surface area (Å²) < 4.78 is 33.8. The monoisotopic (exact) mass is 558 g/mol. The molecule has 0 saturated carbocycles. The van der Waals surface area contributed by atoms with Gasteiger partial charge in [-0.2, -0.15) is 0 Å². The number of ether oxygens (including phenoxy) is 1. The van der Waals surface area contributed by atoms with Gasteiger partial charge < -0.3 is 15.2 Å². The quantitative estimate of drug-likeness (QED) is 0.458. The highest BCUT2D eigenvalue weighted by molar-refractivity contribution is 7.11. The van der Waals surface area contributed by atoms with Crippen molar-refractivity contribution < 1.29 is 28.2 Å². The molecular weight excluding hydrogens is 537 g/mol. The number of carbonyl (C=O) groups excluding carboxylic acids is 1. The number of halogens is 4. The number of carbonyl (C=O) groups is 2. The van der Waals surface area contributed by atoms with E-state index in [-0.39, 0.29) is 30.0 Å². The summed E-state index contributed by atoms with van der Waals surface area (Å²) in [5, 5.41) is 15.1. The van der Waals surface area contributed by atoms with Crippen LogP contribution in [0, 0.1) is 0 Å². The van der Waals surface area contributed by atoms with Gasteiger partial charge in [0.15, 0.2) is 10.8 Å². The van der Waals surface area contributed by atoms with Gasteiger partial charge in [-0.25, -0.2) is 18.6 Å². The van der Waals surface area contributed by atoms with Gasteiger partial charge in [0.2, 0.25) is 0 Å². The largest absolute Gasteiger partial charge is 0.481 e. The van der Waals surface area contributed by atoms with Crippen molar-refractivity contribution in [2.24, 2.45) is 4.99 Å². The van der Waals surface area contributed by atoms with Gasteiger partial charge in [-0.15, -0.1) is 11.3 Å². The number of likely N-dealkylation sites (tertiary alicyclic amines) is 1. The van der Waals surface area contributed by atoms with E-state index in [9.17, 15) is 18.4 Å². The summed E-state index contributed by atoms with van der Waals surface area (Å²) in [4.78, 5) is 34.6. The van der Waals surface area contributed by atoms with Crippen LogP contribution in [-0.2, 0) is 14.3 Å². The molecule has 2 N–H and O–H groups in total. The van der Waals surface area contributed by atoms with E-state index in [2.05, 4.69) is 10.3 Å². The molecule has 1 saturated heterocycles. The molecule has 0 amide bonds. The van der Waals surface area contributed by atoms with Gasteiger partial charge >= 0.3 is 11.9 Å². The number of rotatable bonds is 8. The first-order valence-corrected chi connectivity index (χ1v) is 12.6. The van der Waals surface area contributed by atoms with Crippen LogP contribution in [0.5, 0.6) is 0 Å². The number of alkyl halides is 2. The number of nitrogens with zero attached hydrogens (tertiary/aromatic N) is 3. The molecule has 8 nitrogen and oxygen atoms in total. The predicted molar refractivity (Wildman–Crippen MR) is 132 cm³/mol. The number of carboxylic acid groups (broad SMARTS) is 1. The highest BCUT2D eigenvalue weighted by Crippen LogP contribution is 2.39. The fourth-order valence-corrected chi connectivity index (χ4v) is 5.50. The fourth-order valence-electron chi connectivity index (χ4n) is 4.40. The number of benzene rings is 1. The van der Waals surface area contributed by atoms with Gasteiger partial charge in [-0.05, 0) is 18.6 Å². The molecule has 1 fully saturated rings. The van der Waals surface area contributed by atoms with Crippen LogP contribution in [0.15, 0.2) is 46.0 Å². The number of esters is 1. The summed E-state index contributed by atoms with van der Waals surface area (Å²) in [7, 11) is 1.22. The smallest absolute Gasteiger partial charge is 0.338 e. The van der Waals surface area contributed by atoms with Crippen LogP contribution in [0.4, 0.5) is 8.78 Å². The van der Waals surface area contributed by atoms with Crippen molar-refractivity contribution in [3.8, 4) is 0 Å². The number of hydrogen-bond acceptors (Lipinski definition) is 8. The van der Waals surface area contributed by atoms with Crippen LogP contribution in [0.2, 0.25) is 10.0 Å². The average molecular weight is 559 g/mol. The lowest BCUT2D eigenvalue weighted by atomic mass is 9.95. The van der Waals surface area contributed by atoms with Crippen LogP contribution in [-0.4, -0.2) is 64.9 Å². The molecule has 2 aromatic rings. The van der Waals surface area contributed by atoms with Crippen LogP contribution in [0.3, 0.4) is 0 Å². The topological polar surface area (TPSA) is 104 Å². The third kappa shape index (κ3) is 5.86. The number of carboxylic acids is 1. The molecule has 0 bridgehead atoms. The maximum absolute atomic E-state index is 14.4. The number of aliphatic imine (C=N–C) groups is 1. The van der Waals surface area contributed by atoms with Gasteiger partial charge in [0.1, 0.15) is 6.04 Å². The summed E-state index contributed by atoms with van der Waals surface area (Å²) in [5.74, 6) is -4.42. The third-order valence-corrected chi connectivity index (χ3v) is 7.30. The van der Waals surface area contributed by atoms with E-state index in [1.54, 1.807) is 23.7 Å². The number of amidine groups is 1. The highest BCUT2D eigenvalue weighted by atomic mass is 35.5. The molecule has 2 aliphatic rings. The van der Waals surface area contributed by atoms with Crippen molar-refractivity contribution >= 4 is 52.3 Å². The third-order valence-electron chi connectivity index (χ3n) is 5.96. The van der Waals surface area contributed by atoms with Crippen molar-refractivity contribution in [1.29, 1.82) is 0 Å². The lowest BCUT2D eigenvalue weighted by molar-refractivity contribution is -0.137. The van der Waals surface area contributed by atoms with E-state index < -0.39 is 42.9 Å². The highest BCUT2D eigenvalue weighted by Gasteiger charge is 2.46. The summed E-state index contributed by atoms with van der Waals surface area (Å²) in [6, 6.07) is 3.17. The Labute approximate surface area is 219 Å². The molecule has 4 rings (SSSR count). The van der Waals surface area contributed by atoms with E-state index in [4.69, 9.17) is 38.0 Å². The Balaban J connectivity index is 1.78. The minimum absolute atomic E-state index is 0.0473. The van der Waals surface area contributed by atoms with Crippen LogP contribution < -0.4 is 5.32 Å². The Morgan fingerprint density at radius 3 is 2.78 bits per heavy atom. The van der Waals surface area contributed by atoms with Gasteiger partial charge in [-0.1, -0.05) is 29.3 Å². The lowest BCUT2D eigenvalue weighted by Gasteiger charge is -2.31. The first kappa shape index (κ1) is 26.5. The number of hydrogen-bond donors (Lipinski definition) is 2. The van der Waals surface area contributed by atoms with E-state index >= 15 is 0 Å². The van der Waals surface area contributed by atoms with Crippen molar-refractivity contribution in [2.45, 2.75) is 37.3 Å². The standard InChI is InChI=1S/C23H22Cl2F2N4O4S/c1-35-22(34)18-16(10-31-11-23(26,27)9-13(31)3-5-17(32)33)29-20(21-28-6-7-36-21)30-19(18)14-4-2-12(24)8-15(14)25/h2,4,6-8,13,19H,3,5,9-11H2,1H3,(H,29,30)(H,32,33)/t13-,19+/m1/s1. The molecule has 0 unspecified atom stereocenters. The van der Waals surface area contributed by atoms with Gasteiger partial charge in [0.05, 0.1) is 19.2 Å². The second-order valence-electron chi connectivity index (χ2n) is 8.44. The first-order chi connectivity index (χ1) is 17.1. The van der Waals surface area contributed by atoms with Crippen molar-refractivity contribution in [1.82, 2.24) is 15.2 Å². The maximum atomic E-state index is 14.4. The average Bonchev–Trinajstić information content (AvgIpc) is 3.44. The molecule has 1 aromatic carbocycles. The SMILES string of the molecule is COC(=O)C1=C(CN2CC(F)(F)C[C@H]2CCC(=O)O)NC(c2nccs2)=N[C@H]1c1ccc(Cl)cc1Cl. The van der Waals surface area contributed by atoms with Crippen molar-refractivity contribution in [2.75, 3.05) is 20.2 Å². The number of nitrogens with one attached hydrogen (secondary N) is 1. The Morgan fingerprint density at radius 1 is 1.36 bits per heavy atom. The van der Waals surface area contributed by atoms with E-state index in [1.807, 2.05) is 0 Å². The number of aromatic nitrogens is 1. The summed E-state index contributed by atoms with van der Waals surface area (Å²) in [6.07, 6.45) is 0.922. The second-order valence-corrected chi connectivity index (χ2v) is 10.2. The summed E-state index contributed by atoms with van der Waals surface area (Å²) in [5.41, 5.74) is 0.883. The lowest BCUT2D eigenvalue weighted by Crippen LogP contribution is -2.41. The number of thiazole rings is 1. The van der Waals surface area contributed by atoms with Crippen molar-refractivity contribution in [3.05, 3.63) is 61.7 Å². The van der Waals surface area contributed by atoms with Gasteiger partial charge in [0.25, 0.3) is 5.92 Å². The molecule has 0 spiro atoms. The van der Waals surface area contributed by atoms with Gasteiger partial charge in [-0.3, -0.25) is 14.7 Å². The molecule has 3 heterocycles. The molecule has 0 radical (unpaired) electrons. The first-order valence-electron chi connectivity index (χ1n) is 10.9. The van der Waals surface area contributed by atoms with E-state index in [0.717, 1.165) is 0 Å². The zero-order chi connectivity index (χ0) is 26.0. The normalized spacial score (nSPS) is 21.8. The van der Waals surface area contributed by atoms with Crippen LogP contribution in [0.1, 0.15) is 35.9 Å². The number of methoxy groups -OCH3 is 1. The Hall–Kier alpha value is -2.60.